The van der Waals surface area contributed by atoms with Crippen LogP contribution in [0.2, 0.25) is 0 Å². The third kappa shape index (κ3) is 4.26. The van der Waals surface area contributed by atoms with Crippen molar-refractivity contribution in [2.45, 2.75) is 69.4 Å². The lowest BCUT2D eigenvalue weighted by molar-refractivity contribution is -0.369. The fourth-order valence-electron chi connectivity index (χ4n) is 3.16. The highest BCUT2D eigenvalue weighted by Crippen LogP contribution is 2.41. The highest BCUT2D eigenvalue weighted by molar-refractivity contribution is 6.10. The van der Waals surface area contributed by atoms with Gasteiger partial charge in [0.15, 0.2) is 0 Å². The Kier molecular flexibility index (Phi) is 5.43. The summed E-state index contributed by atoms with van der Waals surface area (Å²) in [6.45, 7) is 2.06. The maximum atomic E-state index is 5.85. The van der Waals surface area contributed by atoms with E-state index >= 15 is 0 Å². The van der Waals surface area contributed by atoms with Gasteiger partial charge < -0.3 is 18.9 Å². The number of hydrogen-bond acceptors (Lipinski definition) is 4. The van der Waals surface area contributed by atoms with Crippen LogP contribution in [0.3, 0.4) is 0 Å². The standard InChI is InChI=1S/C14H28O4Si/c1-10(19)18-14(15-2,16-3)8-4-5-11-6-7-12-13(9-11)17-12/h10-13H,4-9H2,1-3,19H3. The molecule has 0 aromatic heterocycles. The Morgan fingerprint density at radius 3 is 2.58 bits per heavy atom. The van der Waals surface area contributed by atoms with E-state index in [0.29, 0.717) is 12.2 Å². The average Bonchev–Trinajstić information content (AvgIpc) is 3.15. The minimum atomic E-state index is -0.839. The number of epoxide rings is 1. The van der Waals surface area contributed by atoms with Crippen LogP contribution in [0.15, 0.2) is 0 Å². The normalized spacial score (nSPS) is 32.1. The monoisotopic (exact) mass is 288 g/mol. The minimum Gasteiger partial charge on any atom is -0.370 e. The average molecular weight is 288 g/mol. The molecule has 1 aliphatic carbocycles. The van der Waals surface area contributed by atoms with Crippen LogP contribution in [-0.2, 0) is 18.9 Å². The minimum absolute atomic E-state index is 0.232. The van der Waals surface area contributed by atoms with Crippen LogP contribution < -0.4 is 0 Å². The molecule has 4 nitrogen and oxygen atoms in total. The number of hydrogen-bond donors (Lipinski definition) is 0. The number of methoxy groups -OCH3 is 2. The SMILES string of the molecule is COC(CCCC1CCC2OC2C1)(OC)OC(C)[SiH3]. The first-order chi connectivity index (χ1) is 9.08. The Balaban J connectivity index is 1.71. The van der Waals surface area contributed by atoms with E-state index in [4.69, 9.17) is 18.9 Å². The van der Waals surface area contributed by atoms with Gasteiger partial charge in [-0.3, -0.25) is 0 Å². The number of fused-ring (bicyclic) bond motifs is 1. The third-order valence-corrected chi connectivity index (χ3v) is 4.48. The van der Waals surface area contributed by atoms with E-state index in [1.807, 2.05) is 0 Å². The first kappa shape index (κ1) is 15.4. The molecule has 2 aliphatic rings. The largest absolute Gasteiger partial charge is 0.370 e. The highest BCUT2D eigenvalue weighted by atomic mass is 28.1. The van der Waals surface area contributed by atoms with Crippen LogP contribution >= 0.6 is 0 Å². The zero-order valence-corrected chi connectivity index (χ0v) is 14.7. The molecular formula is C14H28O4Si. The zero-order chi connectivity index (χ0) is 13.9. The molecular weight excluding hydrogens is 260 g/mol. The van der Waals surface area contributed by atoms with Crippen molar-refractivity contribution in [3.63, 3.8) is 0 Å². The molecule has 0 spiro atoms. The smallest absolute Gasteiger partial charge is 0.282 e. The third-order valence-electron chi connectivity index (χ3n) is 4.25. The van der Waals surface area contributed by atoms with Crippen molar-refractivity contribution in [3.05, 3.63) is 0 Å². The Bertz CT molecular complexity index is 281. The predicted octanol–water partition coefficient (Wildman–Crippen LogP) is 1.40. The van der Waals surface area contributed by atoms with Crippen molar-refractivity contribution in [2.75, 3.05) is 14.2 Å². The summed E-state index contributed by atoms with van der Waals surface area (Å²) in [7, 11) is 4.31. The van der Waals surface area contributed by atoms with Gasteiger partial charge in [-0.05, 0) is 38.5 Å². The molecule has 0 bridgehead atoms. The molecule has 4 unspecified atom stereocenters. The predicted molar refractivity (Wildman–Crippen MR) is 77.1 cm³/mol. The van der Waals surface area contributed by atoms with Gasteiger partial charge in [0.05, 0.1) is 12.2 Å². The second-order valence-corrected chi connectivity index (χ2v) is 7.67. The second-order valence-electron chi connectivity index (χ2n) is 6.04. The fourth-order valence-corrected chi connectivity index (χ4v) is 3.52. The molecule has 4 atom stereocenters. The summed E-state index contributed by atoms with van der Waals surface area (Å²) in [5.41, 5.74) is 0.232. The molecule has 112 valence electrons. The fraction of sp³-hybridized carbons (Fsp3) is 1.00. The van der Waals surface area contributed by atoms with Gasteiger partial charge >= 0.3 is 0 Å². The van der Waals surface area contributed by atoms with Crippen LogP contribution in [0.5, 0.6) is 0 Å². The van der Waals surface area contributed by atoms with E-state index in [1.54, 1.807) is 14.2 Å². The molecule has 1 saturated carbocycles. The quantitative estimate of drug-likeness (QED) is 0.384. The number of ether oxygens (including phenoxy) is 4. The van der Waals surface area contributed by atoms with Crippen molar-refractivity contribution in [1.29, 1.82) is 0 Å². The summed E-state index contributed by atoms with van der Waals surface area (Å²) in [6, 6.07) is 0. The lowest BCUT2D eigenvalue weighted by atomic mass is 9.85. The Morgan fingerprint density at radius 1 is 1.26 bits per heavy atom. The molecule has 0 aromatic rings. The molecule has 0 aromatic carbocycles. The van der Waals surface area contributed by atoms with Crippen molar-refractivity contribution < 1.29 is 18.9 Å². The van der Waals surface area contributed by atoms with E-state index in [2.05, 4.69) is 6.92 Å². The molecule has 0 radical (unpaired) electrons. The summed E-state index contributed by atoms with van der Waals surface area (Å²) in [5, 5.41) is 0. The van der Waals surface area contributed by atoms with Gasteiger partial charge in [-0.1, -0.05) is 6.42 Å². The molecule has 2 fully saturated rings. The van der Waals surface area contributed by atoms with E-state index in [0.717, 1.165) is 29.0 Å². The summed E-state index contributed by atoms with van der Waals surface area (Å²) in [6.07, 6.45) is 8.09. The van der Waals surface area contributed by atoms with Gasteiger partial charge in [0, 0.05) is 36.6 Å². The van der Waals surface area contributed by atoms with Gasteiger partial charge in [0.25, 0.3) is 5.97 Å². The van der Waals surface area contributed by atoms with Crippen molar-refractivity contribution in [1.82, 2.24) is 0 Å². The van der Waals surface area contributed by atoms with E-state index in [1.165, 1.54) is 25.7 Å². The zero-order valence-electron chi connectivity index (χ0n) is 12.7. The Morgan fingerprint density at radius 2 is 2.00 bits per heavy atom. The maximum Gasteiger partial charge on any atom is 0.282 e. The molecule has 1 aliphatic heterocycles. The second kappa shape index (κ2) is 6.67. The van der Waals surface area contributed by atoms with Crippen LogP contribution in [-0.4, -0.2) is 48.4 Å². The molecule has 0 amide bonds. The molecule has 1 heterocycles. The van der Waals surface area contributed by atoms with Gasteiger partial charge in [-0.25, -0.2) is 0 Å². The molecule has 1 saturated heterocycles. The lowest BCUT2D eigenvalue weighted by Gasteiger charge is -2.32. The van der Waals surface area contributed by atoms with Crippen LogP contribution in [0, 0.1) is 5.92 Å². The molecule has 0 N–H and O–H groups in total. The summed E-state index contributed by atoms with van der Waals surface area (Å²) in [4.78, 5) is 0. The van der Waals surface area contributed by atoms with Gasteiger partial charge in [-0.15, -0.1) is 0 Å². The first-order valence-corrected chi connectivity index (χ1v) is 8.67. The summed E-state index contributed by atoms with van der Waals surface area (Å²) < 4.78 is 22.4. The van der Waals surface area contributed by atoms with E-state index < -0.39 is 5.97 Å². The lowest BCUT2D eigenvalue weighted by Crippen LogP contribution is -2.40. The molecule has 2 rings (SSSR count). The van der Waals surface area contributed by atoms with Crippen molar-refractivity contribution in [2.24, 2.45) is 5.92 Å². The van der Waals surface area contributed by atoms with Crippen molar-refractivity contribution >= 4 is 10.2 Å². The first-order valence-electron chi connectivity index (χ1n) is 7.52. The highest BCUT2D eigenvalue weighted by Gasteiger charge is 2.43. The number of rotatable bonds is 8. The van der Waals surface area contributed by atoms with Crippen LogP contribution in [0.1, 0.15) is 45.4 Å². The molecule has 19 heavy (non-hydrogen) atoms. The van der Waals surface area contributed by atoms with Gasteiger partial charge in [-0.2, -0.15) is 0 Å². The van der Waals surface area contributed by atoms with E-state index in [-0.39, 0.29) is 5.73 Å². The maximum absolute atomic E-state index is 5.85. The van der Waals surface area contributed by atoms with Crippen molar-refractivity contribution in [3.8, 4) is 0 Å². The van der Waals surface area contributed by atoms with Gasteiger partial charge in [0.2, 0.25) is 0 Å². The van der Waals surface area contributed by atoms with Crippen LogP contribution in [0.4, 0.5) is 0 Å². The Hall–Kier alpha value is 0.0569. The van der Waals surface area contributed by atoms with Gasteiger partial charge in [0.1, 0.15) is 0 Å². The summed E-state index contributed by atoms with van der Waals surface area (Å²) in [5.74, 6) is -0.0300. The van der Waals surface area contributed by atoms with Crippen LogP contribution in [0.25, 0.3) is 0 Å². The Labute approximate surface area is 119 Å². The van der Waals surface area contributed by atoms with E-state index in [9.17, 15) is 0 Å². The summed E-state index contributed by atoms with van der Waals surface area (Å²) >= 11 is 0. The topological polar surface area (TPSA) is 40.2 Å². The molecule has 5 heteroatoms.